The van der Waals surface area contributed by atoms with Crippen molar-refractivity contribution in [2.75, 3.05) is 4.90 Å². The maximum atomic E-state index is 14.8. The molecule has 6 rings (SSSR count). The van der Waals surface area contributed by atoms with Gasteiger partial charge in [-0.25, -0.2) is 9.37 Å². The van der Waals surface area contributed by atoms with Gasteiger partial charge in [0, 0.05) is 22.7 Å². The average molecular weight is 481 g/mol. The highest BCUT2D eigenvalue weighted by molar-refractivity contribution is 6.10. The fourth-order valence-corrected chi connectivity index (χ4v) is 4.33. The average Bonchev–Trinajstić information content (AvgIpc) is 3.65. The van der Waals surface area contributed by atoms with E-state index in [4.69, 9.17) is 4.98 Å². The Bertz CT molecular complexity index is 1590. The Hall–Kier alpha value is -4.80. The van der Waals surface area contributed by atoms with Crippen LogP contribution in [0, 0.1) is 5.82 Å². The SMILES string of the molecule is CC(C)n1cnnc1-c1cccc(N2Cc3ccc(-c4cc(-c5nn[nH]n5)ccc4F)cc3C2=O)n1. The summed E-state index contributed by atoms with van der Waals surface area (Å²) in [6.07, 6.45) is 1.67. The van der Waals surface area contributed by atoms with Crippen LogP contribution >= 0.6 is 0 Å². The van der Waals surface area contributed by atoms with Crippen molar-refractivity contribution in [1.29, 1.82) is 0 Å². The molecule has 1 aliphatic heterocycles. The van der Waals surface area contributed by atoms with Gasteiger partial charge in [0.15, 0.2) is 5.82 Å². The monoisotopic (exact) mass is 481 g/mol. The van der Waals surface area contributed by atoms with Crippen molar-refractivity contribution < 1.29 is 9.18 Å². The van der Waals surface area contributed by atoms with Crippen molar-refractivity contribution >= 4 is 11.7 Å². The molecule has 36 heavy (non-hydrogen) atoms. The number of H-pyrrole nitrogens is 1. The molecule has 0 unspecified atom stereocenters. The Labute approximate surface area is 204 Å². The highest BCUT2D eigenvalue weighted by atomic mass is 19.1. The largest absolute Gasteiger partial charge is 0.310 e. The predicted octanol–water partition coefficient (Wildman–Crippen LogP) is 4.07. The van der Waals surface area contributed by atoms with Crippen LogP contribution in [0.5, 0.6) is 0 Å². The van der Waals surface area contributed by atoms with Crippen LogP contribution in [0.2, 0.25) is 0 Å². The van der Waals surface area contributed by atoms with E-state index >= 15 is 0 Å². The van der Waals surface area contributed by atoms with Gasteiger partial charge < -0.3 is 4.57 Å². The maximum Gasteiger partial charge on any atom is 0.260 e. The summed E-state index contributed by atoms with van der Waals surface area (Å²) in [4.78, 5) is 19.7. The minimum atomic E-state index is -0.409. The fourth-order valence-electron chi connectivity index (χ4n) is 4.33. The first-order valence-corrected chi connectivity index (χ1v) is 11.3. The molecule has 0 fully saturated rings. The normalized spacial score (nSPS) is 13.0. The van der Waals surface area contributed by atoms with E-state index in [-0.39, 0.29) is 11.9 Å². The molecule has 1 amide bonds. The molecule has 0 radical (unpaired) electrons. The van der Waals surface area contributed by atoms with Gasteiger partial charge >= 0.3 is 0 Å². The Kier molecular flexibility index (Phi) is 5.10. The summed E-state index contributed by atoms with van der Waals surface area (Å²) in [5.41, 5.74) is 3.52. The van der Waals surface area contributed by atoms with Gasteiger partial charge in [0.1, 0.15) is 23.7 Å². The summed E-state index contributed by atoms with van der Waals surface area (Å²) in [7, 11) is 0. The van der Waals surface area contributed by atoms with Gasteiger partial charge in [-0.3, -0.25) is 9.69 Å². The number of pyridine rings is 1. The fraction of sp³-hybridized carbons (Fsp3) is 0.160. The van der Waals surface area contributed by atoms with E-state index in [0.29, 0.717) is 52.0 Å². The number of carbonyl (C=O) groups excluding carboxylic acids is 1. The van der Waals surface area contributed by atoms with Gasteiger partial charge in [-0.05, 0) is 66.6 Å². The molecule has 0 aliphatic carbocycles. The molecule has 2 aromatic carbocycles. The molecule has 1 aliphatic rings. The molecule has 0 bridgehead atoms. The number of hydrogen-bond donors (Lipinski definition) is 1. The molecule has 0 saturated heterocycles. The molecule has 4 heterocycles. The molecular weight excluding hydrogens is 461 g/mol. The number of fused-ring (bicyclic) bond motifs is 1. The number of benzene rings is 2. The second-order valence-corrected chi connectivity index (χ2v) is 8.73. The van der Waals surface area contributed by atoms with Crippen LogP contribution < -0.4 is 4.90 Å². The summed E-state index contributed by atoms with van der Waals surface area (Å²) >= 11 is 0. The minimum Gasteiger partial charge on any atom is -0.310 e. The van der Waals surface area contributed by atoms with Crippen LogP contribution in [0.15, 0.2) is 60.9 Å². The lowest BCUT2D eigenvalue weighted by Crippen LogP contribution is -2.24. The highest BCUT2D eigenvalue weighted by Gasteiger charge is 2.30. The Morgan fingerprint density at radius 3 is 2.64 bits per heavy atom. The second-order valence-electron chi connectivity index (χ2n) is 8.73. The van der Waals surface area contributed by atoms with Crippen LogP contribution in [-0.4, -0.2) is 46.3 Å². The summed E-state index contributed by atoms with van der Waals surface area (Å²) in [6, 6.07) is 15.6. The number of nitrogens with zero attached hydrogens (tertiary/aromatic N) is 8. The number of carbonyl (C=O) groups is 1. The number of tetrazole rings is 1. The Morgan fingerprint density at radius 1 is 1.00 bits per heavy atom. The number of aromatic nitrogens is 8. The van der Waals surface area contributed by atoms with Gasteiger partial charge in [-0.15, -0.1) is 20.4 Å². The lowest BCUT2D eigenvalue weighted by atomic mass is 9.98. The van der Waals surface area contributed by atoms with E-state index in [0.717, 1.165) is 5.56 Å². The first kappa shape index (κ1) is 21.7. The van der Waals surface area contributed by atoms with Gasteiger partial charge in [-0.1, -0.05) is 18.2 Å². The summed E-state index contributed by atoms with van der Waals surface area (Å²) in [6.45, 7) is 4.44. The number of amides is 1. The second kappa shape index (κ2) is 8.45. The van der Waals surface area contributed by atoms with Crippen molar-refractivity contribution in [3.05, 3.63) is 77.9 Å². The molecule has 5 aromatic rings. The Balaban J connectivity index is 1.33. The lowest BCUT2D eigenvalue weighted by molar-refractivity contribution is 0.0996. The molecule has 178 valence electrons. The zero-order chi connectivity index (χ0) is 24.8. The minimum absolute atomic E-state index is 0.163. The number of hydrogen-bond acceptors (Lipinski definition) is 7. The quantitative estimate of drug-likeness (QED) is 0.402. The van der Waals surface area contributed by atoms with E-state index in [1.54, 1.807) is 35.5 Å². The van der Waals surface area contributed by atoms with Crippen molar-refractivity contribution in [1.82, 2.24) is 40.4 Å². The van der Waals surface area contributed by atoms with Crippen molar-refractivity contribution in [2.45, 2.75) is 26.4 Å². The van der Waals surface area contributed by atoms with E-state index < -0.39 is 5.82 Å². The third-order valence-electron chi connectivity index (χ3n) is 6.16. The van der Waals surface area contributed by atoms with Gasteiger partial charge in [-0.2, -0.15) is 5.21 Å². The van der Waals surface area contributed by atoms with E-state index in [9.17, 15) is 9.18 Å². The summed E-state index contributed by atoms with van der Waals surface area (Å²) in [5, 5.41) is 22.1. The maximum absolute atomic E-state index is 14.8. The third-order valence-corrected chi connectivity index (χ3v) is 6.16. The molecular formula is C25H20FN9O. The highest BCUT2D eigenvalue weighted by Crippen LogP contribution is 2.34. The van der Waals surface area contributed by atoms with Crippen LogP contribution in [0.4, 0.5) is 10.2 Å². The van der Waals surface area contributed by atoms with Gasteiger partial charge in [0.25, 0.3) is 5.91 Å². The molecule has 3 aromatic heterocycles. The first-order chi connectivity index (χ1) is 17.5. The number of aromatic amines is 1. The van der Waals surface area contributed by atoms with Crippen molar-refractivity contribution in [2.24, 2.45) is 0 Å². The van der Waals surface area contributed by atoms with Gasteiger partial charge in [0.2, 0.25) is 5.82 Å². The number of halogens is 1. The number of anilines is 1. The topological polar surface area (TPSA) is 118 Å². The molecule has 0 atom stereocenters. The number of rotatable bonds is 5. The smallest absolute Gasteiger partial charge is 0.260 e. The van der Waals surface area contributed by atoms with Crippen LogP contribution in [0.1, 0.15) is 35.8 Å². The zero-order valence-corrected chi connectivity index (χ0v) is 19.4. The predicted molar refractivity (Wildman–Crippen MR) is 129 cm³/mol. The third kappa shape index (κ3) is 3.61. The zero-order valence-electron chi connectivity index (χ0n) is 19.4. The van der Waals surface area contributed by atoms with Crippen molar-refractivity contribution in [3.8, 4) is 34.0 Å². The molecule has 0 spiro atoms. The van der Waals surface area contributed by atoms with E-state index in [2.05, 4.69) is 30.8 Å². The summed E-state index contributed by atoms with van der Waals surface area (Å²) in [5.74, 6) is 0.901. The summed E-state index contributed by atoms with van der Waals surface area (Å²) < 4.78 is 16.7. The van der Waals surface area contributed by atoms with E-state index in [1.165, 1.54) is 6.07 Å². The standard InChI is InChI=1S/C25H20FN9O/c1-14(2)35-13-27-31-24(35)21-4-3-5-22(28-21)34-12-17-7-6-15(10-19(17)25(34)36)18-11-16(8-9-20(18)26)23-29-32-33-30-23/h3-11,13-14H,12H2,1-2H3,(H,29,30,32,33). The molecule has 1 N–H and O–H groups in total. The lowest BCUT2D eigenvalue weighted by Gasteiger charge is -2.16. The van der Waals surface area contributed by atoms with Crippen LogP contribution in [0.3, 0.4) is 0 Å². The molecule has 11 heteroatoms. The molecule has 10 nitrogen and oxygen atoms in total. The number of nitrogens with one attached hydrogen (secondary N) is 1. The van der Waals surface area contributed by atoms with Crippen LogP contribution in [0.25, 0.3) is 34.0 Å². The van der Waals surface area contributed by atoms with Crippen LogP contribution in [-0.2, 0) is 6.54 Å². The van der Waals surface area contributed by atoms with Crippen molar-refractivity contribution in [3.63, 3.8) is 0 Å². The van der Waals surface area contributed by atoms with Gasteiger partial charge in [0.05, 0.1) is 6.54 Å². The first-order valence-electron chi connectivity index (χ1n) is 11.3. The van der Waals surface area contributed by atoms with E-state index in [1.807, 2.05) is 42.7 Å². The Morgan fingerprint density at radius 2 is 1.83 bits per heavy atom. The molecule has 0 saturated carbocycles.